The molecule has 0 aliphatic rings. The van der Waals surface area contributed by atoms with Crippen molar-refractivity contribution >= 4 is 26.7 Å². The van der Waals surface area contributed by atoms with Gasteiger partial charge in [-0.1, -0.05) is 54.6 Å². The lowest BCUT2D eigenvalue weighted by Crippen LogP contribution is -2.12. The Kier molecular flexibility index (Phi) is 6.11. The second-order valence-electron chi connectivity index (χ2n) is 8.75. The molecule has 0 aliphatic heterocycles. The van der Waals surface area contributed by atoms with Crippen molar-refractivity contribution in [3.63, 3.8) is 0 Å². The van der Waals surface area contributed by atoms with Gasteiger partial charge in [-0.3, -0.25) is 19.4 Å². The highest BCUT2D eigenvalue weighted by atomic mass is 32.2. The van der Waals surface area contributed by atoms with E-state index in [1.54, 1.807) is 55.0 Å². The second-order valence-corrected chi connectivity index (χ2v) is 10.4. The van der Waals surface area contributed by atoms with Gasteiger partial charge >= 0.3 is 0 Å². The zero-order valence-electron chi connectivity index (χ0n) is 20.1. The summed E-state index contributed by atoms with van der Waals surface area (Å²) in [7, 11) is -3.72. The third kappa shape index (κ3) is 5.00. The van der Waals surface area contributed by atoms with Gasteiger partial charge in [-0.15, -0.1) is 0 Å². The molecule has 0 fully saturated rings. The normalized spacial score (nSPS) is 11.5. The lowest BCUT2D eigenvalue weighted by atomic mass is 10.1. The van der Waals surface area contributed by atoms with Crippen LogP contribution in [0.4, 0.5) is 5.69 Å². The maximum absolute atomic E-state index is 12.7. The summed E-state index contributed by atoms with van der Waals surface area (Å²) in [5, 5.41) is 4.48. The van der Waals surface area contributed by atoms with E-state index in [1.165, 1.54) is 11.8 Å². The van der Waals surface area contributed by atoms with Crippen LogP contribution in [0.15, 0.2) is 121 Å². The van der Waals surface area contributed by atoms with Crippen LogP contribution in [0.5, 0.6) is 0 Å². The Balaban J connectivity index is 1.27. The van der Waals surface area contributed by atoms with Crippen LogP contribution >= 0.6 is 0 Å². The molecule has 3 heterocycles. The zero-order valence-corrected chi connectivity index (χ0v) is 21.0. The average molecular weight is 519 g/mol. The molecule has 186 valence electrons. The molecular weight excluding hydrogens is 496 g/mol. The van der Waals surface area contributed by atoms with Crippen LogP contribution in [0.3, 0.4) is 0 Å². The van der Waals surface area contributed by atoms with Crippen LogP contribution in [-0.2, 0) is 16.6 Å². The van der Waals surface area contributed by atoms with Gasteiger partial charge in [-0.25, -0.2) is 13.4 Å². The van der Waals surface area contributed by atoms with Crippen LogP contribution in [0, 0.1) is 0 Å². The summed E-state index contributed by atoms with van der Waals surface area (Å²) in [5.74, 6) is 0. The fraction of sp³-hybridized carbons (Fsp3) is 0.0345. The van der Waals surface area contributed by atoms with Crippen molar-refractivity contribution in [1.82, 2.24) is 24.7 Å². The molecule has 0 spiro atoms. The summed E-state index contributed by atoms with van der Waals surface area (Å²) in [5.41, 5.74) is 6.20. The molecule has 8 nitrogen and oxygen atoms in total. The van der Waals surface area contributed by atoms with Crippen LogP contribution in [0.25, 0.3) is 33.4 Å². The molecule has 6 aromatic rings. The summed E-state index contributed by atoms with van der Waals surface area (Å²) in [6.45, 7) is 0.670. The largest absolute Gasteiger partial charge is 0.278 e. The van der Waals surface area contributed by atoms with Gasteiger partial charge in [-0.2, -0.15) is 5.10 Å². The molecule has 0 atom stereocenters. The third-order valence-corrected chi connectivity index (χ3v) is 7.43. The van der Waals surface area contributed by atoms with E-state index in [-0.39, 0.29) is 4.90 Å². The number of rotatable bonds is 7. The fourth-order valence-corrected chi connectivity index (χ4v) is 5.21. The first-order valence-corrected chi connectivity index (χ1v) is 13.4. The monoisotopic (exact) mass is 518 g/mol. The zero-order chi connectivity index (χ0) is 26.0. The number of nitrogens with zero attached hydrogens (tertiary/aromatic N) is 5. The third-order valence-electron chi connectivity index (χ3n) is 6.04. The Morgan fingerprint density at radius 1 is 0.737 bits per heavy atom. The molecule has 38 heavy (non-hydrogen) atoms. The Morgan fingerprint density at radius 2 is 1.53 bits per heavy atom. The van der Waals surface area contributed by atoms with E-state index in [2.05, 4.69) is 31.9 Å². The van der Waals surface area contributed by atoms with E-state index in [9.17, 15) is 8.42 Å². The highest BCUT2D eigenvalue weighted by molar-refractivity contribution is 7.92. The minimum atomic E-state index is -3.72. The lowest BCUT2D eigenvalue weighted by molar-refractivity contribution is 0.601. The number of benzene rings is 3. The molecule has 0 aliphatic carbocycles. The Bertz CT molecular complexity index is 1840. The molecule has 9 heteroatoms. The minimum Gasteiger partial charge on any atom is -0.278 e. The van der Waals surface area contributed by atoms with Crippen LogP contribution < -0.4 is 4.72 Å². The molecule has 0 bridgehead atoms. The van der Waals surface area contributed by atoms with E-state index in [4.69, 9.17) is 4.98 Å². The fourth-order valence-electron chi connectivity index (χ4n) is 4.15. The van der Waals surface area contributed by atoms with Gasteiger partial charge in [0.2, 0.25) is 0 Å². The van der Waals surface area contributed by atoms with Gasteiger partial charge < -0.3 is 0 Å². The number of fused-ring (bicyclic) bond motifs is 1. The van der Waals surface area contributed by atoms with Crippen molar-refractivity contribution < 1.29 is 8.42 Å². The van der Waals surface area contributed by atoms with Gasteiger partial charge in [0, 0.05) is 23.5 Å². The number of anilines is 1. The Hall–Kier alpha value is -4.89. The van der Waals surface area contributed by atoms with Gasteiger partial charge in [0.25, 0.3) is 10.0 Å². The summed E-state index contributed by atoms with van der Waals surface area (Å²) < 4.78 is 30.0. The van der Waals surface area contributed by atoms with Crippen molar-refractivity contribution in [1.29, 1.82) is 0 Å². The highest BCUT2D eigenvalue weighted by Crippen LogP contribution is 2.27. The maximum atomic E-state index is 12.7. The molecule has 6 rings (SSSR count). The number of aromatic nitrogens is 5. The maximum Gasteiger partial charge on any atom is 0.261 e. The number of pyridine rings is 1. The van der Waals surface area contributed by atoms with Gasteiger partial charge in [0.05, 0.1) is 52.4 Å². The SMILES string of the molecule is O=S(=O)(Nc1cncc(-c2ccc3ncc(-c4cnn(Cc5ccccc5)c4)nc3c2)c1)c1ccccc1. The smallest absolute Gasteiger partial charge is 0.261 e. The van der Waals surface area contributed by atoms with Crippen molar-refractivity contribution in [3.05, 3.63) is 121 Å². The van der Waals surface area contributed by atoms with Crippen molar-refractivity contribution in [2.45, 2.75) is 11.4 Å². The molecule has 0 amide bonds. The molecule has 0 saturated carbocycles. The number of nitrogens with one attached hydrogen (secondary N) is 1. The molecule has 0 unspecified atom stereocenters. The van der Waals surface area contributed by atoms with E-state index < -0.39 is 10.0 Å². The number of sulfonamides is 1. The summed E-state index contributed by atoms with van der Waals surface area (Å²) in [4.78, 5) is 13.8. The quantitative estimate of drug-likeness (QED) is 0.303. The van der Waals surface area contributed by atoms with Gasteiger partial charge in [-0.05, 0) is 41.5 Å². The van der Waals surface area contributed by atoms with Crippen molar-refractivity contribution in [3.8, 4) is 22.4 Å². The summed E-state index contributed by atoms with van der Waals surface area (Å²) in [6, 6.07) is 25.8. The van der Waals surface area contributed by atoms with Crippen molar-refractivity contribution in [2.75, 3.05) is 4.72 Å². The molecular formula is C29H22N6O2S. The van der Waals surface area contributed by atoms with E-state index in [0.717, 1.165) is 27.9 Å². The van der Waals surface area contributed by atoms with E-state index >= 15 is 0 Å². The highest BCUT2D eigenvalue weighted by Gasteiger charge is 2.14. The number of hydrogen-bond donors (Lipinski definition) is 1. The first-order valence-electron chi connectivity index (χ1n) is 11.9. The minimum absolute atomic E-state index is 0.186. The standard InChI is InChI=1S/C29H22N6O2S/c36-38(37,26-9-5-2-6-10-26)34-25-13-23(15-30-17-25)22-11-12-27-28(14-22)33-29(18-31-27)24-16-32-35(20-24)19-21-7-3-1-4-8-21/h1-18,20,34H,19H2. The predicted octanol–water partition coefficient (Wildman–Crippen LogP) is 5.40. The predicted molar refractivity (Wildman–Crippen MR) is 147 cm³/mol. The molecule has 1 N–H and O–H groups in total. The summed E-state index contributed by atoms with van der Waals surface area (Å²) in [6.07, 6.45) is 8.66. The Morgan fingerprint density at radius 3 is 2.34 bits per heavy atom. The van der Waals surface area contributed by atoms with Gasteiger partial charge in [0.1, 0.15) is 0 Å². The van der Waals surface area contributed by atoms with Crippen LogP contribution in [0.1, 0.15) is 5.56 Å². The average Bonchev–Trinajstić information content (AvgIpc) is 3.42. The molecule has 0 saturated heterocycles. The van der Waals surface area contributed by atoms with E-state index in [1.807, 2.05) is 47.3 Å². The molecule has 3 aromatic heterocycles. The number of hydrogen-bond acceptors (Lipinski definition) is 6. The molecule has 3 aromatic carbocycles. The van der Waals surface area contributed by atoms with Crippen LogP contribution in [-0.4, -0.2) is 33.2 Å². The van der Waals surface area contributed by atoms with E-state index in [0.29, 0.717) is 17.7 Å². The van der Waals surface area contributed by atoms with Crippen LogP contribution in [0.2, 0.25) is 0 Å². The van der Waals surface area contributed by atoms with Gasteiger partial charge in [0.15, 0.2) is 0 Å². The first kappa shape index (κ1) is 23.5. The first-order chi connectivity index (χ1) is 18.5. The topological polar surface area (TPSA) is 103 Å². The van der Waals surface area contributed by atoms with Crippen molar-refractivity contribution in [2.24, 2.45) is 0 Å². The second kappa shape index (κ2) is 9.87. The lowest BCUT2D eigenvalue weighted by Gasteiger charge is -2.10. The summed E-state index contributed by atoms with van der Waals surface area (Å²) >= 11 is 0. The Labute approximate surface area is 219 Å². The molecule has 0 radical (unpaired) electrons.